The molecule has 2 N–H and O–H groups in total. The van der Waals surface area contributed by atoms with Crippen LogP contribution in [0.1, 0.15) is 56.3 Å². The van der Waals surface area contributed by atoms with Crippen molar-refractivity contribution in [2.24, 2.45) is 4.99 Å². The lowest BCUT2D eigenvalue weighted by Gasteiger charge is -2.30. The second-order valence-corrected chi connectivity index (χ2v) is 8.95. The molecule has 4 nitrogen and oxygen atoms in total. The van der Waals surface area contributed by atoms with Crippen molar-refractivity contribution < 1.29 is 0 Å². The average Bonchev–Trinajstić information content (AvgIpc) is 3.04. The molecule has 1 aromatic rings. The number of thioether (sulfide) groups is 1. The zero-order valence-corrected chi connectivity index (χ0v) is 19.7. The summed E-state index contributed by atoms with van der Waals surface area (Å²) >= 11 is 3.92. The number of rotatable bonds is 8. The molecule has 1 aliphatic carbocycles. The van der Waals surface area contributed by atoms with Crippen molar-refractivity contribution in [1.82, 2.24) is 15.6 Å². The van der Waals surface area contributed by atoms with Gasteiger partial charge in [-0.1, -0.05) is 20.3 Å². The quantitative estimate of drug-likeness (QED) is 0.317. The molecule has 7 heteroatoms. The number of hydrogen-bond acceptors (Lipinski definition) is 4. The van der Waals surface area contributed by atoms with Crippen LogP contribution >= 0.6 is 47.1 Å². The third-order valence-electron chi connectivity index (χ3n) is 4.26. The first-order valence-corrected chi connectivity index (χ1v) is 11.2. The average molecular weight is 497 g/mol. The van der Waals surface area contributed by atoms with Gasteiger partial charge in [-0.15, -0.1) is 35.3 Å². The molecule has 0 saturated heterocycles. The monoisotopic (exact) mass is 496 g/mol. The van der Waals surface area contributed by atoms with Crippen molar-refractivity contribution in [1.29, 1.82) is 0 Å². The molecule has 1 heterocycles. The van der Waals surface area contributed by atoms with Crippen LogP contribution in [0.4, 0.5) is 0 Å². The van der Waals surface area contributed by atoms with Gasteiger partial charge >= 0.3 is 0 Å². The third-order valence-corrected chi connectivity index (χ3v) is 6.69. The summed E-state index contributed by atoms with van der Waals surface area (Å²) in [5.41, 5.74) is 0. The first-order chi connectivity index (χ1) is 11.7. The topological polar surface area (TPSA) is 49.3 Å². The highest BCUT2D eigenvalue weighted by Gasteiger charge is 2.22. The SMILES string of the molecule is CCNC(=NCCc1ncc(CC)s1)NC1CCCC(SCC)C1.I. The van der Waals surface area contributed by atoms with Gasteiger partial charge in [0.1, 0.15) is 0 Å². The molecule has 1 aromatic heterocycles. The molecule has 1 aliphatic rings. The van der Waals surface area contributed by atoms with Crippen molar-refractivity contribution in [2.45, 2.75) is 70.6 Å². The Morgan fingerprint density at radius 1 is 1.36 bits per heavy atom. The molecule has 25 heavy (non-hydrogen) atoms. The Bertz CT molecular complexity index is 505. The van der Waals surface area contributed by atoms with Crippen LogP contribution in [0, 0.1) is 0 Å². The van der Waals surface area contributed by atoms with Gasteiger partial charge in [-0.05, 0) is 38.4 Å². The second kappa shape index (κ2) is 13.2. The first-order valence-electron chi connectivity index (χ1n) is 9.35. The van der Waals surface area contributed by atoms with Crippen LogP contribution in [0.15, 0.2) is 11.2 Å². The lowest BCUT2D eigenvalue weighted by molar-refractivity contribution is 0.419. The van der Waals surface area contributed by atoms with Gasteiger partial charge in [-0.3, -0.25) is 4.99 Å². The van der Waals surface area contributed by atoms with Crippen LogP contribution in [0.3, 0.4) is 0 Å². The van der Waals surface area contributed by atoms with E-state index in [1.54, 1.807) is 0 Å². The number of thiazole rings is 1. The Balaban J connectivity index is 0.00000312. The van der Waals surface area contributed by atoms with Crippen LogP contribution in [-0.4, -0.2) is 41.1 Å². The number of hydrogen-bond donors (Lipinski definition) is 2. The molecular formula is C18H33IN4S2. The maximum atomic E-state index is 4.76. The van der Waals surface area contributed by atoms with Crippen molar-refractivity contribution in [3.05, 3.63) is 16.1 Å². The fourth-order valence-corrected chi connectivity index (χ4v) is 5.09. The van der Waals surface area contributed by atoms with Gasteiger partial charge in [0.25, 0.3) is 0 Å². The number of nitrogens with zero attached hydrogens (tertiary/aromatic N) is 2. The van der Waals surface area contributed by atoms with Gasteiger partial charge in [-0.2, -0.15) is 11.8 Å². The summed E-state index contributed by atoms with van der Waals surface area (Å²) in [6.07, 6.45) is 9.22. The molecule has 0 amide bonds. The van der Waals surface area contributed by atoms with E-state index in [4.69, 9.17) is 4.99 Å². The highest BCUT2D eigenvalue weighted by Crippen LogP contribution is 2.28. The fourth-order valence-electron chi connectivity index (χ4n) is 3.07. The van der Waals surface area contributed by atoms with Gasteiger partial charge in [0.15, 0.2) is 5.96 Å². The van der Waals surface area contributed by atoms with Crippen molar-refractivity contribution in [3.63, 3.8) is 0 Å². The Hall–Kier alpha value is -0.0200. The van der Waals surface area contributed by atoms with E-state index in [0.717, 1.165) is 37.1 Å². The lowest BCUT2D eigenvalue weighted by Crippen LogP contribution is -2.45. The summed E-state index contributed by atoms with van der Waals surface area (Å²) in [4.78, 5) is 10.6. The minimum absolute atomic E-state index is 0. The molecule has 1 fully saturated rings. The molecule has 1 saturated carbocycles. The highest BCUT2D eigenvalue weighted by molar-refractivity contribution is 14.0. The van der Waals surface area contributed by atoms with E-state index >= 15 is 0 Å². The molecule has 0 bridgehead atoms. The molecule has 2 rings (SSSR count). The summed E-state index contributed by atoms with van der Waals surface area (Å²) < 4.78 is 0. The molecular weight excluding hydrogens is 463 g/mol. The Kier molecular flexibility index (Phi) is 12.1. The standard InChI is InChI=1S/C18H32N4S2.HI/c1-4-15-13-21-17(24-15)10-11-20-18(19-5-2)22-14-8-7-9-16(12-14)23-6-3;/h13-14,16H,4-12H2,1-3H3,(H2,19,20,22);1H. The first kappa shape index (κ1) is 23.0. The van der Waals surface area contributed by atoms with Gasteiger partial charge in [-0.25, -0.2) is 4.98 Å². The lowest BCUT2D eigenvalue weighted by atomic mass is 9.95. The summed E-state index contributed by atoms with van der Waals surface area (Å²) in [6.45, 7) is 8.27. The Morgan fingerprint density at radius 2 is 2.20 bits per heavy atom. The largest absolute Gasteiger partial charge is 0.357 e. The highest BCUT2D eigenvalue weighted by atomic mass is 127. The van der Waals surface area contributed by atoms with E-state index in [0.29, 0.717) is 6.04 Å². The van der Waals surface area contributed by atoms with Crippen LogP contribution in [0.25, 0.3) is 0 Å². The summed E-state index contributed by atoms with van der Waals surface area (Å²) in [6, 6.07) is 0.562. The number of halogens is 1. The van der Waals surface area contributed by atoms with Crippen molar-refractivity contribution in [3.8, 4) is 0 Å². The minimum atomic E-state index is 0. The fraction of sp³-hybridized carbons (Fsp3) is 0.778. The number of aromatic nitrogens is 1. The zero-order valence-electron chi connectivity index (χ0n) is 15.7. The van der Waals surface area contributed by atoms with Crippen molar-refractivity contribution >= 4 is 53.0 Å². The molecule has 0 aromatic carbocycles. The van der Waals surface area contributed by atoms with Gasteiger partial charge in [0.05, 0.1) is 5.01 Å². The molecule has 0 radical (unpaired) electrons. The Morgan fingerprint density at radius 3 is 2.88 bits per heavy atom. The smallest absolute Gasteiger partial charge is 0.191 e. The number of aliphatic imine (C=N–C) groups is 1. The van der Waals surface area contributed by atoms with E-state index in [9.17, 15) is 0 Å². The van der Waals surface area contributed by atoms with Crippen LogP contribution in [-0.2, 0) is 12.8 Å². The predicted octanol–water partition coefficient (Wildman–Crippen LogP) is 4.49. The van der Waals surface area contributed by atoms with E-state index in [1.807, 2.05) is 17.5 Å². The Labute approximate surface area is 178 Å². The summed E-state index contributed by atoms with van der Waals surface area (Å²) in [7, 11) is 0. The molecule has 0 aliphatic heterocycles. The van der Waals surface area contributed by atoms with Crippen LogP contribution in [0.2, 0.25) is 0 Å². The summed E-state index contributed by atoms with van der Waals surface area (Å²) in [5.74, 6) is 2.19. The normalized spacial score (nSPS) is 20.8. The molecule has 144 valence electrons. The maximum absolute atomic E-state index is 4.76. The maximum Gasteiger partial charge on any atom is 0.191 e. The number of aryl methyl sites for hydroxylation is 1. The zero-order chi connectivity index (χ0) is 17.2. The van der Waals surface area contributed by atoms with Crippen LogP contribution in [0.5, 0.6) is 0 Å². The van der Waals surface area contributed by atoms with E-state index < -0.39 is 0 Å². The van der Waals surface area contributed by atoms with Crippen LogP contribution < -0.4 is 10.6 Å². The number of nitrogens with one attached hydrogen (secondary N) is 2. The molecule has 2 unspecified atom stereocenters. The van der Waals surface area contributed by atoms with E-state index in [2.05, 4.69) is 48.2 Å². The summed E-state index contributed by atoms with van der Waals surface area (Å²) in [5, 5.41) is 9.06. The molecule has 0 spiro atoms. The number of guanidine groups is 1. The molecule has 2 atom stereocenters. The van der Waals surface area contributed by atoms with E-state index in [1.165, 1.54) is 41.3 Å². The van der Waals surface area contributed by atoms with Crippen molar-refractivity contribution in [2.75, 3.05) is 18.8 Å². The second-order valence-electron chi connectivity index (χ2n) is 6.17. The predicted molar refractivity (Wildman–Crippen MR) is 124 cm³/mol. The van der Waals surface area contributed by atoms with E-state index in [-0.39, 0.29) is 24.0 Å². The van der Waals surface area contributed by atoms with Gasteiger partial charge in [0, 0.05) is 41.9 Å². The van der Waals surface area contributed by atoms with Gasteiger partial charge in [0.2, 0.25) is 0 Å². The van der Waals surface area contributed by atoms with Gasteiger partial charge < -0.3 is 10.6 Å². The minimum Gasteiger partial charge on any atom is -0.357 e. The third kappa shape index (κ3) is 8.47.